The SMILES string of the molecule is Cc1ccc(COc2cccc(Cl)c2/C(N)=N/O)cc1. The van der Waals surface area contributed by atoms with E-state index in [-0.39, 0.29) is 5.84 Å². The van der Waals surface area contributed by atoms with Crippen LogP contribution in [0.5, 0.6) is 5.75 Å². The van der Waals surface area contributed by atoms with Crippen LogP contribution in [0.3, 0.4) is 0 Å². The second-order valence-corrected chi connectivity index (χ2v) is 4.78. The van der Waals surface area contributed by atoms with Crippen molar-refractivity contribution < 1.29 is 9.94 Å². The van der Waals surface area contributed by atoms with Crippen molar-refractivity contribution in [3.05, 3.63) is 64.2 Å². The number of rotatable bonds is 4. The van der Waals surface area contributed by atoms with E-state index >= 15 is 0 Å². The van der Waals surface area contributed by atoms with Crippen molar-refractivity contribution in [3.8, 4) is 5.75 Å². The number of hydrogen-bond acceptors (Lipinski definition) is 3. The van der Waals surface area contributed by atoms with Crippen LogP contribution < -0.4 is 10.5 Å². The van der Waals surface area contributed by atoms with Crippen LogP contribution in [0.15, 0.2) is 47.6 Å². The van der Waals surface area contributed by atoms with E-state index in [2.05, 4.69) is 5.16 Å². The lowest BCUT2D eigenvalue weighted by Gasteiger charge is -2.12. The quantitative estimate of drug-likeness (QED) is 0.393. The molecule has 0 radical (unpaired) electrons. The molecule has 0 aliphatic carbocycles. The molecule has 2 rings (SSSR count). The van der Waals surface area contributed by atoms with Gasteiger partial charge in [-0.05, 0) is 24.6 Å². The van der Waals surface area contributed by atoms with Crippen molar-refractivity contribution >= 4 is 17.4 Å². The van der Waals surface area contributed by atoms with E-state index in [0.29, 0.717) is 22.9 Å². The fourth-order valence-electron chi connectivity index (χ4n) is 1.77. The highest BCUT2D eigenvalue weighted by Gasteiger charge is 2.12. The van der Waals surface area contributed by atoms with E-state index in [1.54, 1.807) is 18.2 Å². The molecule has 0 amide bonds. The number of nitrogens with two attached hydrogens (primary N) is 1. The molecule has 0 aliphatic rings. The molecule has 0 atom stereocenters. The summed E-state index contributed by atoms with van der Waals surface area (Å²) in [5.41, 5.74) is 8.23. The Hall–Kier alpha value is -2.20. The van der Waals surface area contributed by atoms with Crippen LogP contribution in [0.1, 0.15) is 16.7 Å². The first-order valence-electron chi connectivity index (χ1n) is 6.06. The minimum absolute atomic E-state index is 0.0745. The summed E-state index contributed by atoms with van der Waals surface area (Å²) in [6.45, 7) is 2.41. The predicted molar refractivity (Wildman–Crippen MR) is 79.5 cm³/mol. The van der Waals surface area contributed by atoms with E-state index in [4.69, 9.17) is 27.3 Å². The van der Waals surface area contributed by atoms with Crippen LogP contribution in [0.25, 0.3) is 0 Å². The molecule has 3 N–H and O–H groups in total. The van der Waals surface area contributed by atoms with Gasteiger partial charge in [0.2, 0.25) is 0 Å². The van der Waals surface area contributed by atoms with Crippen LogP contribution in [0.4, 0.5) is 0 Å². The molecule has 0 heterocycles. The molecular weight excluding hydrogens is 276 g/mol. The Morgan fingerprint density at radius 2 is 1.95 bits per heavy atom. The zero-order valence-electron chi connectivity index (χ0n) is 11.0. The molecule has 104 valence electrons. The van der Waals surface area contributed by atoms with Gasteiger partial charge in [0.15, 0.2) is 5.84 Å². The summed E-state index contributed by atoms with van der Waals surface area (Å²) >= 11 is 6.05. The van der Waals surface area contributed by atoms with Crippen LogP contribution in [0, 0.1) is 6.92 Å². The maximum absolute atomic E-state index is 8.80. The molecule has 0 unspecified atom stereocenters. The lowest BCUT2D eigenvalue weighted by atomic mass is 10.1. The van der Waals surface area contributed by atoms with E-state index in [9.17, 15) is 0 Å². The number of aryl methyl sites for hydroxylation is 1. The second kappa shape index (κ2) is 6.30. The monoisotopic (exact) mass is 290 g/mol. The third-order valence-corrected chi connectivity index (χ3v) is 3.17. The molecule has 2 aromatic carbocycles. The fourth-order valence-corrected chi connectivity index (χ4v) is 2.03. The maximum atomic E-state index is 8.80. The zero-order chi connectivity index (χ0) is 14.5. The third-order valence-electron chi connectivity index (χ3n) is 2.85. The highest BCUT2D eigenvalue weighted by atomic mass is 35.5. The van der Waals surface area contributed by atoms with Gasteiger partial charge < -0.3 is 15.7 Å². The van der Waals surface area contributed by atoms with Gasteiger partial charge in [0, 0.05) is 0 Å². The normalized spacial score (nSPS) is 11.4. The first kappa shape index (κ1) is 14.2. The number of hydrogen-bond donors (Lipinski definition) is 2. The number of halogens is 1. The molecule has 0 saturated heterocycles. The van der Waals surface area contributed by atoms with E-state index in [0.717, 1.165) is 5.56 Å². The van der Waals surface area contributed by atoms with Gasteiger partial charge in [0.25, 0.3) is 0 Å². The smallest absolute Gasteiger partial charge is 0.175 e. The number of benzene rings is 2. The average molecular weight is 291 g/mol. The van der Waals surface area contributed by atoms with Crippen LogP contribution in [-0.4, -0.2) is 11.0 Å². The molecule has 0 saturated carbocycles. The van der Waals surface area contributed by atoms with Crippen molar-refractivity contribution in [2.75, 3.05) is 0 Å². The van der Waals surface area contributed by atoms with Gasteiger partial charge in [-0.25, -0.2) is 0 Å². The molecule has 0 bridgehead atoms. The van der Waals surface area contributed by atoms with Crippen LogP contribution in [0.2, 0.25) is 5.02 Å². The van der Waals surface area contributed by atoms with Gasteiger partial charge in [-0.3, -0.25) is 0 Å². The lowest BCUT2D eigenvalue weighted by Crippen LogP contribution is -2.15. The molecule has 0 spiro atoms. The molecule has 4 nitrogen and oxygen atoms in total. The van der Waals surface area contributed by atoms with Gasteiger partial charge in [0.1, 0.15) is 12.4 Å². The van der Waals surface area contributed by atoms with Gasteiger partial charge in [-0.2, -0.15) is 0 Å². The highest BCUT2D eigenvalue weighted by molar-refractivity contribution is 6.34. The molecular formula is C15H15ClN2O2. The van der Waals surface area contributed by atoms with Gasteiger partial charge in [0.05, 0.1) is 10.6 Å². The molecule has 0 fully saturated rings. The van der Waals surface area contributed by atoms with Crippen LogP contribution in [-0.2, 0) is 6.61 Å². The summed E-state index contributed by atoms with van der Waals surface area (Å²) in [4.78, 5) is 0. The zero-order valence-corrected chi connectivity index (χ0v) is 11.8. The number of nitrogens with zero attached hydrogens (tertiary/aromatic N) is 1. The van der Waals surface area contributed by atoms with E-state index in [1.807, 2.05) is 31.2 Å². The summed E-state index contributed by atoms with van der Waals surface area (Å²) < 4.78 is 5.71. The first-order chi connectivity index (χ1) is 9.61. The van der Waals surface area contributed by atoms with Crippen molar-refractivity contribution in [3.63, 3.8) is 0 Å². The summed E-state index contributed by atoms with van der Waals surface area (Å²) in [7, 11) is 0. The Labute approximate surface area is 122 Å². The minimum atomic E-state index is -0.0745. The molecule has 20 heavy (non-hydrogen) atoms. The summed E-state index contributed by atoms with van der Waals surface area (Å²) in [5.74, 6) is 0.405. The lowest BCUT2D eigenvalue weighted by molar-refractivity contribution is 0.303. The average Bonchev–Trinajstić information content (AvgIpc) is 2.46. The van der Waals surface area contributed by atoms with Crippen molar-refractivity contribution in [1.82, 2.24) is 0 Å². The Bertz CT molecular complexity index is 624. The highest BCUT2D eigenvalue weighted by Crippen LogP contribution is 2.26. The Balaban J connectivity index is 2.21. The standard InChI is InChI=1S/C15H15ClN2O2/c1-10-5-7-11(8-6-10)9-20-13-4-2-3-12(16)14(13)15(17)18-19/h2-8,19H,9H2,1H3,(H2,17,18). The first-order valence-corrected chi connectivity index (χ1v) is 6.44. The van der Waals surface area contributed by atoms with Gasteiger partial charge in [-0.1, -0.05) is 52.7 Å². The minimum Gasteiger partial charge on any atom is -0.488 e. The predicted octanol–water partition coefficient (Wildman–Crippen LogP) is 3.32. The fraction of sp³-hybridized carbons (Fsp3) is 0.133. The largest absolute Gasteiger partial charge is 0.488 e. The van der Waals surface area contributed by atoms with Crippen molar-refractivity contribution in [2.45, 2.75) is 13.5 Å². The van der Waals surface area contributed by atoms with Crippen LogP contribution >= 0.6 is 11.6 Å². The number of amidine groups is 1. The Morgan fingerprint density at radius 3 is 2.60 bits per heavy atom. The number of oxime groups is 1. The second-order valence-electron chi connectivity index (χ2n) is 4.37. The number of ether oxygens (including phenoxy) is 1. The molecule has 2 aromatic rings. The van der Waals surface area contributed by atoms with Gasteiger partial charge >= 0.3 is 0 Å². The topological polar surface area (TPSA) is 67.8 Å². The molecule has 0 aromatic heterocycles. The van der Waals surface area contributed by atoms with Gasteiger partial charge in [-0.15, -0.1) is 0 Å². The summed E-state index contributed by atoms with van der Waals surface area (Å²) in [5, 5.41) is 12.2. The third kappa shape index (κ3) is 3.22. The summed E-state index contributed by atoms with van der Waals surface area (Å²) in [6, 6.07) is 13.1. The van der Waals surface area contributed by atoms with E-state index < -0.39 is 0 Å². The Kier molecular flexibility index (Phi) is 4.48. The van der Waals surface area contributed by atoms with E-state index in [1.165, 1.54) is 5.56 Å². The van der Waals surface area contributed by atoms with Crippen molar-refractivity contribution in [2.24, 2.45) is 10.9 Å². The molecule has 0 aliphatic heterocycles. The van der Waals surface area contributed by atoms with Crippen molar-refractivity contribution in [1.29, 1.82) is 0 Å². The molecule has 5 heteroatoms. The Morgan fingerprint density at radius 1 is 1.25 bits per heavy atom. The summed E-state index contributed by atoms with van der Waals surface area (Å²) in [6.07, 6.45) is 0. The maximum Gasteiger partial charge on any atom is 0.175 e.